The minimum atomic E-state index is -2.71. The Hall–Kier alpha value is -1.07. The summed E-state index contributed by atoms with van der Waals surface area (Å²) >= 11 is 1.13. The molecule has 10 heteroatoms. The summed E-state index contributed by atoms with van der Waals surface area (Å²) in [6.45, 7) is 3.12. The Kier molecular flexibility index (Phi) is 5.97. The molecule has 26 heavy (non-hydrogen) atoms. The van der Waals surface area contributed by atoms with E-state index in [9.17, 15) is 24.1 Å². The van der Waals surface area contributed by atoms with Gasteiger partial charge in [0.25, 0.3) is 0 Å². The van der Waals surface area contributed by atoms with Crippen molar-refractivity contribution in [1.29, 1.82) is 0 Å². The average molecular weight is 391 g/mol. The first-order chi connectivity index (χ1) is 12.3. The summed E-state index contributed by atoms with van der Waals surface area (Å²) in [5.41, 5.74) is -0.400. The van der Waals surface area contributed by atoms with Crippen LogP contribution in [0.2, 0.25) is 0 Å². The zero-order valence-electron chi connectivity index (χ0n) is 14.1. The van der Waals surface area contributed by atoms with Crippen LogP contribution in [0, 0.1) is 0 Å². The number of ether oxygens (including phenoxy) is 1. The molecule has 6 atom stereocenters. The van der Waals surface area contributed by atoms with Crippen LogP contribution in [0.25, 0.3) is 6.08 Å². The van der Waals surface area contributed by atoms with Crippen molar-refractivity contribution >= 4 is 17.8 Å². The lowest BCUT2D eigenvalue weighted by atomic mass is 9.96. The molecule has 0 aromatic carbocycles. The van der Waals surface area contributed by atoms with E-state index in [2.05, 4.69) is 16.9 Å². The quantitative estimate of drug-likeness (QED) is 0.694. The van der Waals surface area contributed by atoms with Gasteiger partial charge in [-0.05, 0) is 18.9 Å². The van der Waals surface area contributed by atoms with Crippen LogP contribution in [0.15, 0.2) is 12.8 Å². The number of aliphatic hydroxyl groups is 3. The molecule has 2 fully saturated rings. The number of nitrogens with zero attached hydrogens (tertiary/aromatic N) is 3. The Morgan fingerprint density at radius 2 is 2.19 bits per heavy atom. The normalized spacial score (nSPS) is 37.4. The fourth-order valence-corrected chi connectivity index (χ4v) is 5.00. The van der Waals surface area contributed by atoms with Gasteiger partial charge in [0.2, 0.25) is 5.92 Å². The SMILES string of the molecule is C=Cc1cn(C2C(O)[C@@H](SC3CCCC(F)(F)C3)OC(CO)[C@@H]2O)nn1. The summed E-state index contributed by atoms with van der Waals surface area (Å²) in [4.78, 5) is 0. The van der Waals surface area contributed by atoms with Crippen LogP contribution in [0.4, 0.5) is 8.78 Å². The van der Waals surface area contributed by atoms with E-state index in [1.54, 1.807) is 0 Å². The first-order valence-electron chi connectivity index (χ1n) is 8.54. The van der Waals surface area contributed by atoms with E-state index in [1.807, 2.05) is 0 Å². The summed E-state index contributed by atoms with van der Waals surface area (Å²) < 4.78 is 34.2. The number of aliphatic hydroxyl groups excluding tert-OH is 3. The van der Waals surface area contributed by atoms with Crippen LogP contribution in [0.5, 0.6) is 0 Å². The van der Waals surface area contributed by atoms with Gasteiger partial charge in [0.15, 0.2) is 0 Å². The summed E-state index contributed by atoms with van der Waals surface area (Å²) in [5, 5.41) is 38.1. The molecule has 0 radical (unpaired) electrons. The smallest absolute Gasteiger partial charge is 0.249 e. The predicted molar refractivity (Wildman–Crippen MR) is 91.7 cm³/mol. The minimum Gasteiger partial charge on any atom is -0.394 e. The van der Waals surface area contributed by atoms with Crippen molar-refractivity contribution in [1.82, 2.24) is 15.0 Å². The highest BCUT2D eigenvalue weighted by atomic mass is 32.2. The molecular weight excluding hydrogens is 368 g/mol. The van der Waals surface area contributed by atoms with Crippen molar-refractivity contribution in [3.05, 3.63) is 18.5 Å². The second-order valence-corrected chi connectivity index (χ2v) is 8.14. The Morgan fingerprint density at radius 1 is 1.42 bits per heavy atom. The highest BCUT2D eigenvalue weighted by Gasteiger charge is 2.48. The molecular formula is C16H23F2N3O4S. The van der Waals surface area contributed by atoms with E-state index in [-0.39, 0.29) is 18.1 Å². The molecule has 0 bridgehead atoms. The molecule has 1 aliphatic heterocycles. The van der Waals surface area contributed by atoms with Gasteiger partial charge in [0, 0.05) is 18.1 Å². The van der Waals surface area contributed by atoms with Crippen LogP contribution in [0.1, 0.15) is 37.4 Å². The minimum absolute atomic E-state index is 0.123. The maximum atomic E-state index is 13.7. The van der Waals surface area contributed by atoms with Crippen molar-refractivity contribution in [3.8, 4) is 0 Å². The molecule has 2 heterocycles. The number of thioether (sulfide) groups is 1. The number of rotatable bonds is 5. The van der Waals surface area contributed by atoms with Crippen LogP contribution in [-0.2, 0) is 4.74 Å². The van der Waals surface area contributed by atoms with Gasteiger partial charge >= 0.3 is 0 Å². The van der Waals surface area contributed by atoms with Crippen LogP contribution >= 0.6 is 11.8 Å². The third kappa shape index (κ3) is 4.09. The Balaban J connectivity index is 1.78. The summed E-state index contributed by atoms with van der Waals surface area (Å²) in [5.74, 6) is -2.71. The summed E-state index contributed by atoms with van der Waals surface area (Å²) in [6.07, 6.45) is 0.227. The fraction of sp³-hybridized carbons (Fsp3) is 0.750. The number of halogens is 2. The van der Waals surface area contributed by atoms with Gasteiger partial charge in [-0.15, -0.1) is 16.9 Å². The lowest BCUT2D eigenvalue weighted by molar-refractivity contribution is -0.178. The summed E-state index contributed by atoms with van der Waals surface area (Å²) in [6, 6.07) is -0.913. The maximum absolute atomic E-state index is 13.7. The van der Waals surface area contributed by atoms with Crippen molar-refractivity contribution in [2.75, 3.05) is 6.61 Å². The zero-order valence-corrected chi connectivity index (χ0v) is 14.9. The lowest BCUT2D eigenvalue weighted by Gasteiger charge is -2.43. The highest BCUT2D eigenvalue weighted by molar-refractivity contribution is 8.00. The topological polar surface area (TPSA) is 101 Å². The molecule has 146 valence electrons. The molecule has 1 saturated heterocycles. The summed E-state index contributed by atoms with van der Waals surface area (Å²) in [7, 11) is 0. The lowest BCUT2D eigenvalue weighted by Crippen LogP contribution is -2.55. The molecule has 1 aromatic rings. The molecule has 1 aromatic heterocycles. The first kappa shape index (κ1) is 19.7. The van der Waals surface area contributed by atoms with E-state index in [4.69, 9.17) is 4.74 Å². The average Bonchev–Trinajstić information content (AvgIpc) is 3.05. The first-order valence-corrected chi connectivity index (χ1v) is 9.49. The van der Waals surface area contributed by atoms with E-state index in [0.717, 1.165) is 11.8 Å². The van der Waals surface area contributed by atoms with Crippen LogP contribution in [-0.4, -0.2) is 71.8 Å². The fourth-order valence-electron chi connectivity index (χ4n) is 3.45. The van der Waals surface area contributed by atoms with E-state index < -0.39 is 42.3 Å². The molecule has 4 unspecified atom stereocenters. The Morgan fingerprint density at radius 3 is 2.81 bits per heavy atom. The Labute approximate surface area is 154 Å². The van der Waals surface area contributed by atoms with Crippen molar-refractivity contribution in [2.45, 2.75) is 66.6 Å². The molecule has 0 spiro atoms. The van der Waals surface area contributed by atoms with E-state index in [1.165, 1.54) is 17.0 Å². The number of hydrogen-bond acceptors (Lipinski definition) is 7. The molecule has 2 aliphatic rings. The van der Waals surface area contributed by atoms with E-state index in [0.29, 0.717) is 18.5 Å². The molecule has 3 rings (SSSR count). The molecule has 1 aliphatic carbocycles. The van der Waals surface area contributed by atoms with Gasteiger partial charge in [0.05, 0.1) is 12.8 Å². The molecule has 3 N–H and O–H groups in total. The van der Waals surface area contributed by atoms with Crippen molar-refractivity contribution in [2.24, 2.45) is 0 Å². The van der Waals surface area contributed by atoms with E-state index >= 15 is 0 Å². The van der Waals surface area contributed by atoms with Gasteiger partial charge in [-0.25, -0.2) is 13.5 Å². The predicted octanol–water partition coefficient (Wildman–Crippen LogP) is 1.21. The van der Waals surface area contributed by atoms with Crippen molar-refractivity contribution < 1.29 is 28.8 Å². The van der Waals surface area contributed by atoms with Gasteiger partial charge in [-0.3, -0.25) is 0 Å². The van der Waals surface area contributed by atoms with Crippen LogP contribution in [0.3, 0.4) is 0 Å². The Bertz CT molecular complexity index is 632. The third-order valence-corrected chi connectivity index (χ3v) is 6.26. The van der Waals surface area contributed by atoms with Gasteiger partial charge in [-0.1, -0.05) is 11.8 Å². The third-order valence-electron chi connectivity index (χ3n) is 4.81. The van der Waals surface area contributed by atoms with Gasteiger partial charge < -0.3 is 20.1 Å². The number of hydrogen-bond donors (Lipinski definition) is 3. The zero-order chi connectivity index (χ0) is 18.9. The second-order valence-electron chi connectivity index (χ2n) is 6.74. The number of alkyl halides is 2. The van der Waals surface area contributed by atoms with Gasteiger partial charge in [0.1, 0.15) is 35.5 Å². The number of aromatic nitrogens is 3. The van der Waals surface area contributed by atoms with Gasteiger partial charge in [-0.2, -0.15) is 0 Å². The maximum Gasteiger partial charge on any atom is 0.249 e. The molecule has 7 nitrogen and oxygen atoms in total. The van der Waals surface area contributed by atoms with Crippen molar-refractivity contribution in [3.63, 3.8) is 0 Å². The monoisotopic (exact) mass is 391 g/mol. The van der Waals surface area contributed by atoms with Crippen LogP contribution < -0.4 is 0 Å². The largest absolute Gasteiger partial charge is 0.394 e. The molecule has 0 amide bonds. The highest BCUT2D eigenvalue weighted by Crippen LogP contribution is 2.43. The second kappa shape index (κ2) is 7.89. The standard InChI is InChI=1S/C16H23F2N3O4S/c1-2-9-7-21(20-19-9)12-13(23)11(8-22)25-15(14(12)24)26-10-4-3-5-16(17,18)6-10/h2,7,10-15,22-24H,1,3-6,8H2/t10?,11?,12?,13-,14?,15+/m0/s1. The molecule has 1 saturated carbocycles.